The van der Waals surface area contributed by atoms with E-state index >= 15 is 0 Å². The summed E-state index contributed by atoms with van der Waals surface area (Å²) in [6, 6.07) is 18.4. The minimum absolute atomic E-state index is 0.0902. The van der Waals surface area contributed by atoms with E-state index in [1.807, 2.05) is 6.07 Å². The molecule has 2 aliphatic heterocycles. The van der Waals surface area contributed by atoms with Crippen LogP contribution in [-0.2, 0) is 10.7 Å². The van der Waals surface area contributed by atoms with Crippen molar-refractivity contribution in [3.05, 3.63) is 71.8 Å². The normalized spacial score (nSPS) is 25.1. The van der Waals surface area contributed by atoms with Gasteiger partial charge in [0, 0.05) is 37.5 Å². The number of rotatable bonds is 10. The molecule has 212 valence electrons. The number of hydrogen-bond donors (Lipinski definition) is 1. The molecule has 39 heavy (non-hydrogen) atoms. The summed E-state index contributed by atoms with van der Waals surface area (Å²) in [5.74, 6) is -2.16. The van der Waals surface area contributed by atoms with Gasteiger partial charge in [0.25, 0.3) is 5.92 Å². The van der Waals surface area contributed by atoms with Gasteiger partial charge in [-0.1, -0.05) is 79.9 Å². The fraction of sp³-hybridized carbons (Fsp3) is 0.606. The third kappa shape index (κ3) is 7.07. The molecule has 1 N–H and O–H groups in total. The Labute approximate surface area is 232 Å². The zero-order valence-corrected chi connectivity index (χ0v) is 23.1. The third-order valence-electron chi connectivity index (χ3n) is 9.70. The predicted molar refractivity (Wildman–Crippen MR) is 151 cm³/mol. The number of carboxylic acids is 1. The number of nitrogens with zero attached hydrogens (tertiary/aromatic N) is 2. The van der Waals surface area contributed by atoms with Crippen molar-refractivity contribution in [2.75, 3.05) is 32.7 Å². The number of alkyl halides is 2. The molecule has 2 saturated heterocycles. The van der Waals surface area contributed by atoms with E-state index in [2.05, 4.69) is 34.1 Å². The molecular formula is C33H44F2N2O2. The van der Waals surface area contributed by atoms with Crippen molar-refractivity contribution in [1.29, 1.82) is 0 Å². The number of hydrogen-bond acceptors (Lipinski definition) is 3. The standard InChI is InChI=1S/C33H44F2N2O2/c34-33(35,29-14-8-3-9-15-29)19-16-25-17-20-36(21-18-25)22-28-23-37(24-30(28)26-10-4-1-5-11-26)31(32(38)39)27-12-6-2-7-13-27/h1,3-5,8-11,14-15,25,27-28,30-31H,2,6-7,12-13,16-24H2,(H,38,39)/t28-,30?,31+/m0/s1. The lowest BCUT2D eigenvalue weighted by molar-refractivity contribution is -0.145. The highest BCUT2D eigenvalue weighted by Crippen LogP contribution is 2.40. The van der Waals surface area contributed by atoms with Crippen LogP contribution in [0, 0.1) is 17.8 Å². The lowest BCUT2D eigenvalue weighted by Gasteiger charge is -2.35. The number of carboxylic acid groups (broad SMARTS) is 1. The predicted octanol–water partition coefficient (Wildman–Crippen LogP) is 7.02. The van der Waals surface area contributed by atoms with Crippen LogP contribution in [0.5, 0.6) is 0 Å². The van der Waals surface area contributed by atoms with Crippen molar-refractivity contribution in [1.82, 2.24) is 9.80 Å². The summed E-state index contributed by atoms with van der Waals surface area (Å²) >= 11 is 0. The SMILES string of the molecule is O=C(O)[C@@H](C1CCCCC1)N1CC(c2ccccc2)[C@@H](CN2CCC(CCC(F)(F)c3ccccc3)CC2)C1. The topological polar surface area (TPSA) is 43.8 Å². The highest BCUT2D eigenvalue weighted by molar-refractivity contribution is 5.74. The summed E-state index contributed by atoms with van der Waals surface area (Å²) in [5.41, 5.74) is 1.42. The van der Waals surface area contributed by atoms with E-state index in [1.54, 1.807) is 18.2 Å². The van der Waals surface area contributed by atoms with Crippen LogP contribution in [0.2, 0.25) is 0 Å². The zero-order chi connectivity index (χ0) is 27.2. The Morgan fingerprint density at radius 1 is 0.897 bits per heavy atom. The van der Waals surface area contributed by atoms with E-state index < -0.39 is 17.9 Å². The first kappa shape index (κ1) is 28.2. The quantitative estimate of drug-likeness (QED) is 0.353. The minimum atomic E-state index is -2.77. The van der Waals surface area contributed by atoms with Gasteiger partial charge in [0.05, 0.1) is 0 Å². The molecule has 1 saturated carbocycles. The first-order valence-electron chi connectivity index (χ1n) is 15.1. The maximum absolute atomic E-state index is 14.7. The van der Waals surface area contributed by atoms with Crippen molar-refractivity contribution in [2.24, 2.45) is 17.8 Å². The van der Waals surface area contributed by atoms with Crippen LogP contribution in [0.25, 0.3) is 0 Å². The van der Waals surface area contributed by atoms with Gasteiger partial charge in [-0.05, 0) is 68.5 Å². The molecular weight excluding hydrogens is 494 g/mol. The van der Waals surface area contributed by atoms with Crippen molar-refractivity contribution < 1.29 is 18.7 Å². The van der Waals surface area contributed by atoms with Gasteiger partial charge in [-0.2, -0.15) is 0 Å². The number of likely N-dealkylation sites (tertiary alicyclic amines) is 2. The molecule has 2 aromatic carbocycles. The van der Waals surface area contributed by atoms with Gasteiger partial charge in [0.15, 0.2) is 0 Å². The van der Waals surface area contributed by atoms with Crippen LogP contribution >= 0.6 is 0 Å². The molecule has 2 heterocycles. The molecule has 3 aliphatic rings. The van der Waals surface area contributed by atoms with Gasteiger partial charge in [0.1, 0.15) is 6.04 Å². The van der Waals surface area contributed by atoms with Crippen LogP contribution in [0.1, 0.15) is 74.8 Å². The number of piperidine rings is 1. The molecule has 0 spiro atoms. The first-order valence-corrected chi connectivity index (χ1v) is 15.1. The van der Waals surface area contributed by atoms with Crippen LogP contribution in [0.4, 0.5) is 8.78 Å². The molecule has 6 heteroatoms. The highest BCUT2D eigenvalue weighted by Gasteiger charge is 2.43. The van der Waals surface area contributed by atoms with E-state index in [0.717, 1.165) is 71.2 Å². The van der Waals surface area contributed by atoms with Gasteiger partial charge in [-0.15, -0.1) is 0 Å². The second kappa shape index (κ2) is 12.9. The van der Waals surface area contributed by atoms with Gasteiger partial charge in [-0.3, -0.25) is 9.69 Å². The molecule has 4 nitrogen and oxygen atoms in total. The van der Waals surface area contributed by atoms with Crippen molar-refractivity contribution in [3.8, 4) is 0 Å². The van der Waals surface area contributed by atoms with E-state index in [1.165, 1.54) is 24.1 Å². The smallest absolute Gasteiger partial charge is 0.321 e. The van der Waals surface area contributed by atoms with Crippen LogP contribution in [0.15, 0.2) is 60.7 Å². The summed E-state index contributed by atoms with van der Waals surface area (Å²) in [6.45, 7) is 4.43. The molecule has 5 rings (SSSR count). The fourth-order valence-electron chi connectivity index (χ4n) is 7.50. The summed E-state index contributed by atoms with van der Waals surface area (Å²) in [6.07, 6.45) is 7.91. The Kier molecular flexibility index (Phi) is 9.34. The molecule has 0 amide bonds. The van der Waals surface area contributed by atoms with E-state index in [0.29, 0.717) is 24.2 Å². The molecule has 3 fully saturated rings. The summed E-state index contributed by atoms with van der Waals surface area (Å²) in [7, 11) is 0. The lowest BCUT2D eigenvalue weighted by atomic mass is 9.83. The minimum Gasteiger partial charge on any atom is -0.480 e. The largest absolute Gasteiger partial charge is 0.480 e. The fourth-order valence-corrected chi connectivity index (χ4v) is 7.50. The molecule has 1 unspecified atom stereocenters. The summed E-state index contributed by atoms with van der Waals surface area (Å²) < 4.78 is 29.4. The van der Waals surface area contributed by atoms with Crippen molar-refractivity contribution in [2.45, 2.75) is 75.7 Å². The molecule has 0 aromatic heterocycles. The monoisotopic (exact) mass is 538 g/mol. The average molecular weight is 539 g/mol. The van der Waals surface area contributed by atoms with Gasteiger partial charge >= 0.3 is 5.97 Å². The summed E-state index contributed by atoms with van der Waals surface area (Å²) in [5, 5.41) is 10.3. The number of halogens is 2. The number of carbonyl (C=O) groups is 1. The van der Waals surface area contributed by atoms with Crippen molar-refractivity contribution in [3.63, 3.8) is 0 Å². The molecule has 3 atom stereocenters. The second-order valence-electron chi connectivity index (χ2n) is 12.3. The Balaban J connectivity index is 1.19. The summed E-state index contributed by atoms with van der Waals surface area (Å²) in [4.78, 5) is 17.3. The first-order chi connectivity index (χ1) is 18.9. The van der Waals surface area contributed by atoms with Crippen LogP contribution < -0.4 is 0 Å². The second-order valence-corrected chi connectivity index (χ2v) is 12.3. The molecule has 0 radical (unpaired) electrons. The Bertz CT molecular complexity index is 1040. The number of benzene rings is 2. The van der Waals surface area contributed by atoms with Gasteiger partial charge in [-0.25, -0.2) is 8.78 Å². The van der Waals surface area contributed by atoms with E-state index in [4.69, 9.17) is 0 Å². The maximum Gasteiger partial charge on any atom is 0.321 e. The molecule has 2 aromatic rings. The van der Waals surface area contributed by atoms with Crippen LogP contribution in [0.3, 0.4) is 0 Å². The van der Waals surface area contributed by atoms with Crippen molar-refractivity contribution >= 4 is 5.97 Å². The Morgan fingerprint density at radius 2 is 1.54 bits per heavy atom. The molecule has 0 bridgehead atoms. The average Bonchev–Trinajstić information content (AvgIpc) is 3.37. The van der Waals surface area contributed by atoms with Gasteiger partial charge < -0.3 is 10.0 Å². The van der Waals surface area contributed by atoms with E-state index in [9.17, 15) is 18.7 Å². The Morgan fingerprint density at radius 3 is 2.18 bits per heavy atom. The zero-order valence-electron chi connectivity index (χ0n) is 23.1. The Hall–Kier alpha value is -2.31. The van der Waals surface area contributed by atoms with E-state index in [-0.39, 0.29) is 17.9 Å². The van der Waals surface area contributed by atoms with Crippen LogP contribution in [-0.4, -0.2) is 59.6 Å². The van der Waals surface area contributed by atoms with Gasteiger partial charge in [0.2, 0.25) is 0 Å². The lowest BCUT2D eigenvalue weighted by Crippen LogP contribution is -2.46. The maximum atomic E-state index is 14.7. The molecule has 1 aliphatic carbocycles. The third-order valence-corrected chi connectivity index (χ3v) is 9.70. The highest BCUT2D eigenvalue weighted by atomic mass is 19.3. The number of aliphatic carboxylic acids is 1.